The molecular weight excluding hydrogens is 282 g/mol. The van der Waals surface area contributed by atoms with Gasteiger partial charge in [0.25, 0.3) is 0 Å². The summed E-state index contributed by atoms with van der Waals surface area (Å²) < 4.78 is 0. The van der Waals surface area contributed by atoms with Gasteiger partial charge < -0.3 is 0 Å². The second kappa shape index (κ2) is 6.50. The molecule has 3 heteroatoms. The third-order valence-corrected chi connectivity index (χ3v) is 5.59. The van der Waals surface area contributed by atoms with E-state index in [1.807, 2.05) is 24.3 Å². The van der Waals surface area contributed by atoms with Crippen molar-refractivity contribution in [3.8, 4) is 0 Å². The number of rotatable bonds is 4. The zero-order chi connectivity index (χ0) is 14.7. The van der Waals surface area contributed by atoms with Crippen LogP contribution in [0.25, 0.3) is 0 Å². The van der Waals surface area contributed by atoms with E-state index in [0.29, 0.717) is 12.2 Å². The van der Waals surface area contributed by atoms with Gasteiger partial charge in [-0.25, -0.2) is 0 Å². The van der Waals surface area contributed by atoms with Crippen LogP contribution in [0.4, 0.5) is 0 Å². The molecule has 0 aromatic heterocycles. The highest BCUT2D eigenvalue weighted by Crippen LogP contribution is 2.38. The summed E-state index contributed by atoms with van der Waals surface area (Å²) in [4.78, 5) is 15.6. The summed E-state index contributed by atoms with van der Waals surface area (Å²) in [5.74, 6) is 0.384. The van der Waals surface area contributed by atoms with Gasteiger partial charge in [-0.2, -0.15) is 0 Å². The van der Waals surface area contributed by atoms with E-state index in [2.05, 4.69) is 4.90 Å². The molecule has 0 N–H and O–H groups in total. The number of carbonyl (C=O) groups is 1. The minimum absolute atomic E-state index is 0.195. The van der Waals surface area contributed by atoms with E-state index in [9.17, 15) is 4.79 Å². The van der Waals surface area contributed by atoms with Gasteiger partial charge in [0.2, 0.25) is 0 Å². The van der Waals surface area contributed by atoms with Gasteiger partial charge in [0.15, 0.2) is 5.78 Å². The number of piperidine rings is 1. The first-order valence-corrected chi connectivity index (χ1v) is 8.62. The fourth-order valence-electron chi connectivity index (χ4n) is 4.03. The van der Waals surface area contributed by atoms with E-state index in [1.165, 1.54) is 32.1 Å². The maximum atomic E-state index is 13.1. The van der Waals surface area contributed by atoms with Crippen molar-refractivity contribution in [2.75, 3.05) is 13.1 Å². The molecule has 0 unspecified atom stereocenters. The van der Waals surface area contributed by atoms with Crippen LogP contribution in [0.3, 0.4) is 0 Å². The Labute approximate surface area is 132 Å². The van der Waals surface area contributed by atoms with Crippen LogP contribution >= 0.6 is 11.6 Å². The third-order valence-electron chi connectivity index (χ3n) is 5.22. The molecule has 0 atom stereocenters. The number of hydrogen-bond acceptors (Lipinski definition) is 2. The molecular formula is C18H24ClNO. The van der Waals surface area contributed by atoms with Gasteiger partial charge in [-0.1, -0.05) is 49.1 Å². The smallest absolute Gasteiger partial charge is 0.157 e. The summed E-state index contributed by atoms with van der Waals surface area (Å²) in [7, 11) is 0. The molecule has 0 amide bonds. The highest BCUT2D eigenvalue weighted by atomic mass is 35.5. The fraction of sp³-hybridized carbons (Fsp3) is 0.611. The van der Waals surface area contributed by atoms with Gasteiger partial charge in [0.1, 0.15) is 0 Å². The Hall–Kier alpha value is -0.860. The molecule has 1 aliphatic heterocycles. The van der Waals surface area contributed by atoms with E-state index in [4.69, 9.17) is 11.6 Å². The number of benzene rings is 1. The molecule has 1 heterocycles. The zero-order valence-electron chi connectivity index (χ0n) is 12.6. The van der Waals surface area contributed by atoms with E-state index >= 15 is 0 Å². The van der Waals surface area contributed by atoms with Crippen molar-refractivity contribution in [2.45, 2.75) is 56.9 Å². The highest BCUT2D eigenvalue weighted by molar-refractivity contribution is 6.31. The second-order valence-electron chi connectivity index (χ2n) is 6.48. The maximum absolute atomic E-state index is 13.1. The number of carbonyl (C=O) groups excluding carboxylic acids is 1. The SMILES string of the molecule is O=C(Cc1ccccc1Cl)C1(N2CCCCC2)CCCC1. The van der Waals surface area contributed by atoms with Gasteiger partial charge in [-0.15, -0.1) is 0 Å². The van der Waals surface area contributed by atoms with Crippen molar-refractivity contribution in [2.24, 2.45) is 0 Å². The van der Waals surface area contributed by atoms with Crippen molar-refractivity contribution in [1.82, 2.24) is 4.90 Å². The molecule has 2 fully saturated rings. The summed E-state index contributed by atoms with van der Waals surface area (Å²) in [6, 6.07) is 7.76. The second-order valence-corrected chi connectivity index (χ2v) is 6.88. The molecule has 114 valence electrons. The van der Waals surface area contributed by atoms with Crippen LogP contribution in [0.2, 0.25) is 5.02 Å². The lowest BCUT2D eigenvalue weighted by molar-refractivity contribution is -0.131. The number of likely N-dealkylation sites (tertiary alicyclic amines) is 1. The quantitative estimate of drug-likeness (QED) is 0.829. The molecule has 1 saturated heterocycles. The molecule has 1 saturated carbocycles. The Morgan fingerprint density at radius 2 is 1.71 bits per heavy atom. The van der Waals surface area contributed by atoms with E-state index in [0.717, 1.165) is 36.5 Å². The Morgan fingerprint density at radius 3 is 2.38 bits per heavy atom. The predicted octanol–water partition coefficient (Wildman–Crippen LogP) is 4.25. The molecule has 2 nitrogen and oxygen atoms in total. The molecule has 0 radical (unpaired) electrons. The van der Waals surface area contributed by atoms with Crippen LogP contribution in [-0.4, -0.2) is 29.3 Å². The Bertz CT molecular complexity index is 502. The standard InChI is InChI=1S/C18H24ClNO/c19-16-9-3-2-8-15(16)14-17(21)18(10-4-5-11-18)20-12-6-1-7-13-20/h2-3,8-9H,1,4-7,10-14H2. The fourth-order valence-corrected chi connectivity index (χ4v) is 4.24. The minimum Gasteiger partial charge on any atom is -0.297 e. The Morgan fingerprint density at radius 1 is 1.05 bits per heavy atom. The monoisotopic (exact) mass is 305 g/mol. The van der Waals surface area contributed by atoms with Crippen LogP contribution < -0.4 is 0 Å². The van der Waals surface area contributed by atoms with Crippen molar-refractivity contribution in [1.29, 1.82) is 0 Å². The number of ketones is 1. The minimum atomic E-state index is -0.195. The first kappa shape index (κ1) is 15.1. The number of halogens is 1. The maximum Gasteiger partial charge on any atom is 0.157 e. The summed E-state index contributed by atoms with van der Waals surface area (Å²) in [5.41, 5.74) is 0.784. The molecule has 1 aromatic carbocycles. The van der Waals surface area contributed by atoms with Crippen molar-refractivity contribution < 1.29 is 4.79 Å². The first-order valence-electron chi connectivity index (χ1n) is 8.24. The van der Waals surface area contributed by atoms with Crippen LogP contribution in [0, 0.1) is 0 Å². The van der Waals surface area contributed by atoms with Gasteiger partial charge in [-0.3, -0.25) is 9.69 Å². The normalized spacial score (nSPS) is 22.3. The zero-order valence-corrected chi connectivity index (χ0v) is 13.4. The average molecular weight is 306 g/mol. The lowest BCUT2D eigenvalue weighted by Crippen LogP contribution is -2.55. The van der Waals surface area contributed by atoms with E-state index in [1.54, 1.807) is 0 Å². The summed E-state index contributed by atoms with van der Waals surface area (Å²) in [6.45, 7) is 2.18. The molecule has 1 aromatic rings. The lowest BCUT2D eigenvalue weighted by atomic mass is 9.84. The van der Waals surface area contributed by atoms with Gasteiger partial charge in [0, 0.05) is 11.4 Å². The van der Waals surface area contributed by atoms with E-state index in [-0.39, 0.29) is 5.54 Å². The van der Waals surface area contributed by atoms with Crippen LogP contribution in [0.1, 0.15) is 50.5 Å². The number of nitrogens with zero attached hydrogens (tertiary/aromatic N) is 1. The Balaban J connectivity index is 1.80. The highest BCUT2D eigenvalue weighted by Gasteiger charge is 2.45. The Kier molecular flexibility index (Phi) is 4.66. The molecule has 0 spiro atoms. The molecule has 21 heavy (non-hydrogen) atoms. The van der Waals surface area contributed by atoms with Crippen LogP contribution in [-0.2, 0) is 11.2 Å². The number of hydrogen-bond donors (Lipinski definition) is 0. The molecule has 3 rings (SSSR count). The first-order chi connectivity index (χ1) is 10.2. The summed E-state index contributed by atoms with van der Waals surface area (Å²) >= 11 is 6.24. The molecule has 0 bridgehead atoms. The summed E-state index contributed by atoms with van der Waals surface area (Å²) in [6.07, 6.45) is 8.71. The van der Waals surface area contributed by atoms with E-state index < -0.39 is 0 Å². The van der Waals surface area contributed by atoms with Crippen molar-refractivity contribution >= 4 is 17.4 Å². The molecule has 2 aliphatic rings. The predicted molar refractivity (Wildman–Crippen MR) is 86.8 cm³/mol. The van der Waals surface area contributed by atoms with Gasteiger partial charge >= 0.3 is 0 Å². The van der Waals surface area contributed by atoms with Crippen molar-refractivity contribution in [3.63, 3.8) is 0 Å². The largest absolute Gasteiger partial charge is 0.297 e. The van der Waals surface area contributed by atoms with Gasteiger partial charge in [-0.05, 0) is 50.4 Å². The van der Waals surface area contributed by atoms with Gasteiger partial charge in [0.05, 0.1) is 5.54 Å². The summed E-state index contributed by atoms with van der Waals surface area (Å²) in [5, 5.41) is 0.720. The van der Waals surface area contributed by atoms with Crippen LogP contribution in [0.5, 0.6) is 0 Å². The average Bonchev–Trinajstić information content (AvgIpc) is 3.01. The van der Waals surface area contributed by atoms with Crippen LogP contribution in [0.15, 0.2) is 24.3 Å². The molecule has 1 aliphatic carbocycles. The number of Topliss-reactive ketones (excluding diaryl/α,β-unsaturated/α-hetero) is 1. The topological polar surface area (TPSA) is 20.3 Å². The van der Waals surface area contributed by atoms with Crippen molar-refractivity contribution in [3.05, 3.63) is 34.9 Å². The lowest BCUT2D eigenvalue weighted by Gasteiger charge is -2.42. The third kappa shape index (κ3) is 3.02.